The van der Waals surface area contributed by atoms with Gasteiger partial charge in [-0.25, -0.2) is 0 Å². The van der Waals surface area contributed by atoms with Gasteiger partial charge in [-0.3, -0.25) is 4.79 Å². The standard InChI is InChI=1S/C23H28N4O3/c1-5-27(16(2)3)19-10-8-18(9-11-19)24-21(28)14-15-22-25-23(26-30-22)17-6-12-20(29-4)13-7-17/h6-13,16H,5,14-15H2,1-4H3,(H,24,28). The van der Waals surface area contributed by atoms with Crippen molar-refractivity contribution in [1.29, 1.82) is 0 Å². The van der Waals surface area contributed by atoms with E-state index >= 15 is 0 Å². The number of nitrogens with zero attached hydrogens (tertiary/aromatic N) is 3. The third-order valence-corrected chi connectivity index (χ3v) is 4.83. The first-order valence-electron chi connectivity index (χ1n) is 10.1. The van der Waals surface area contributed by atoms with Gasteiger partial charge < -0.3 is 19.5 Å². The van der Waals surface area contributed by atoms with Crippen LogP contribution in [0, 0.1) is 0 Å². The summed E-state index contributed by atoms with van der Waals surface area (Å²) in [7, 11) is 1.62. The van der Waals surface area contributed by atoms with E-state index in [0.29, 0.717) is 24.2 Å². The third-order valence-electron chi connectivity index (χ3n) is 4.83. The molecular weight excluding hydrogens is 380 g/mol. The van der Waals surface area contributed by atoms with Crippen LogP contribution in [0.15, 0.2) is 53.1 Å². The minimum atomic E-state index is -0.0943. The summed E-state index contributed by atoms with van der Waals surface area (Å²) in [6, 6.07) is 15.7. The number of rotatable bonds is 9. The van der Waals surface area contributed by atoms with Gasteiger partial charge in [0.05, 0.1) is 7.11 Å². The Morgan fingerprint density at radius 3 is 2.43 bits per heavy atom. The highest BCUT2D eigenvalue weighted by atomic mass is 16.5. The fourth-order valence-electron chi connectivity index (χ4n) is 3.24. The Morgan fingerprint density at radius 1 is 1.13 bits per heavy atom. The van der Waals surface area contributed by atoms with E-state index in [2.05, 4.69) is 41.1 Å². The molecule has 1 N–H and O–H groups in total. The number of aromatic nitrogens is 2. The molecule has 0 saturated carbocycles. The Labute approximate surface area is 177 Å². The number of nitrogens with one attached hydrogen (secondary N) is 1. The molecule has 0 aliphatic rings. The summed E-state index contributed by atoms with van der Waals surface area (Å²) >= 11 is 0. The fourth-order valence-corrected chi connectivity index (χ4v) is 3.24. The number of anilines is 2. The van der Waals surface area contributed by atoms with Crippen molar-refractivity contribution in [1.82, 2.24) is 10.1 Å². The molecule has 7 heteroatoms. The SMILES string of the molecule is CCN(c1ccc(NC(=O)CCc2nc(-c3ccc(OC)cc3)no2)cc1)C(C)C. The van der Waals surface area contributed by atoms with Crippen molar-refractivity contribution < 1.29 is 14.1 Å². The minimum Gasteiger partial charge on any atom is -0.497 e. The van der Waals surface area contributed by atoms with Crippen LogP contribution in [0.3, 0.4) is 0 Å². The number of benzene rings is 2. The lowest BCUT2D eigenvalue weighted by Crippen LogP contribution is -2.30. The van der Waals surface area contributed by atoms with Crippen molar-refractivity contribution in [3.8, 4) is 17.1 Å². The molecule has 0 aliphatic carbocycles. The van der Waals surface area contributed by atoms with Crippen molar-refractivity contribution >= 4 is 17.3 Å². The highest BCUT2D eigenvalue weighted by Crippen LogP contribution is 2.21. The first-order valence-corrected chi connectivity index (χ1v) is 10.1. The van der Waals surface area contributed by atoms with E-state index < -0.39 is 0 Å². The zero-order chi connectivity index (χ0) is 21.5. The maximum atomic E-state index is 12.3. The van der Waals surface area contributed by atoms with Crippen LogP contribution in [0.4, 0.5) is 11.4 Å². The van der Waals surface area contributed by atoms with E-state index in [-0.39, 0.29) is 12.3 Å². The quantitative estimate of drug-likeness (QED) is 0.559. The number of hydrogen-bond acceptors (Lipinski definition) is 6. The normalized spacial score (nSPS) is 10.8. The molecule has 2 aromatic carbocycles. The zero-order valence-electron chi connectivity index (χ0n) is 17.9. The number of amides is 1. The number of carbonyl (C=O) groups excluding carboxylic acids is 1. The van der Waals surface area contributed by atoms with E-state index in [1.807, 2.05) is 48.5 Å². The van der Waals surface area contributed by atoms with Gasteiger partial charge in [0.1, 0.15) is 5.75 Å². The monoisotopic (exact) mass is 408 g/mol. The molecule has 0 aliphatic heterocycles. The molecule has 30 heavy (non-hydrogen) atoms. The molecule has 1 aromatic heterocycles. The summed E-state index contributed by atoms with van der Waals surface area (Å²) in [5.74, 6) is 1.60. The van der Waals surface area contributed by atoms with Crippen LogP contribution in [-0.4, -0.2) is 35.7 Å². The molecule has 0 fully saturated rings. The number of ether oxygens (including phenoxy) is 1. The van der Waals surface area contributed by atoms with E-state index in [1.54, 1.807) is 7.11 Å². The van der Waals surface area contributed by atoms with E-state index in [9.17, 15) is 4.79 Å². The van der Waals surface area contributed by atoms with Gasteiger partial charge in [0, 0.05) is 42.4 Å². The number of aryl methyl sites for hydroxylation is 1. The molecule has 0 bridgehead atoms. The average molecular weight is 409 g/mol. The lowest BCUT2D eigenvalue weighted by atomic mass is 10.2. The largest absolute Gasteiger partial charge is 0.497 e. The number of carbonyl (C=O) groups is 1. The van der Waals surface area contributed by atoms with E-state index in [1.165, 1.54) is 0 Å². The van der Waals surface area contributed by atoms with E-state index in [0.717, 1.165) is 29.2 Å². The topological polar surface area (TPSA) is 80.5 Å². The maximum Gasteiger partial charge on any atom is 0.227 e. The molecule has 0 saturated heterocycles. The lowest BCUT2D eigenvalue weighted by Gasteiger charge is -2.27. The predicted octanol–water partition coefficient (Wildman–Crippen LogP) is 4.55. The molecular formula is C23H28N4O3. The second-order valence-electron chi connectivity index (χ2n) is 7.22. The van der Waals surface area contributed by atoms with Crippen LogP contribution < -0.4 is 15.0 Å². The van der Waals surface area contributed by atoms with Gasteiger partial charge in [0.15, 0.2) is 0 Å². The smallest absolute Gasteiger partial charge is 0.227 e. The fraction of sp³-hybridized carbons (Fsp3) is 0.348. The number of methoxy groups -OCH3 is 1. The maximum absolute atomic E-state index is 12.3. The van der Waals surface area contributed by atoms with Crippen LogP contribution in [0.5, 0.6) is 5.75 Å². The third kappa shape index (κ3) is 5.37. The summed E-state index contributed by atoms with van der Waals surface area (Å²) in [5.41, 5.74) is 2.74. The second kappa shape index (κ2) is 9.91. The Kier molecular flexibility index (Phi) is 7.06. The summed E-state index contributed by atoms with van der Waals surface area (Å²) in [4.78, 5) is 19.0. The molecule has 3 rings (SSSR count). The Balaban J connectivity index is 1.53. The molecule has 0 spiro atoms. The minimum absolute atomic E-state index is 0.0943. The van der Waals surface area contributed by atoms with Gasteiger partial charge in [-0.1, -0.05) is 5.16 Å². The molecule has 0 unspecified atom stereocenters. The molecule has 158 valence electrons. The van der Waals surface area contributed by atoms with Crippen LogP contribution in [0.2, 0.25) is 0 Å². The van der Waals surface area contributed by atoms with Crippen molar-refractivity contribution in [2.75, 3.05) is 23.9 Å². The number of hydrogen-bond donors (Lipinski definition) is 1. The van der Waals surface area contributed by atoms with Crippen molar-refractivity contribution in [3.05, 3.63) is 54.4 Å². The van der Waals surface area contributed by atoms with Crippen molar-refractivity contribution in [3.63, 3.8) is 0 Å². The highest BCUT2D eigenvalue weighted by Gasteiger charge is 2.12. The van der Waals surface area contributed by atoms with Crippen molar-refractivity contribution in [2.45, 2.75) is 39.7 Å². The van der Waals surface area contributed by atoms with Gasteiger partial charge in [-0.05, 0) is 69.3 Å². The Morgan fingerprint density at radius 2 is 1.83 bits per heavy atom. The molecule has 0 radical (unpaired) electrons. The summed E-state index contributed by atoms with van der Waals surface area (Å²) in [5, 5.41) is 6.90. The lowest BCUT2D eigenvalue weighted by molar-refractivity contribution is -0.116. The van der Waals surface area contributed by atoms with Crippen LogP contribution in [0.25, 0.3) is 11.4 Å². The second-order valence-corrected chi connectivity index (χ2v) is 7.22. The summed E-state index contributed by atoms with van der Waals surface area (Å²) in [6.07, 6.45) is 0.642. The van der Waals surface area contributed by atoms with Crippen LogP contribution in [-0.2, 0) is 11.2 Å². The van der Waals surface area contributed by atoms with E-state index in [4.69, 9.17) is 9.26 Å². The summed E-state index contributed by atoms with van der Waals surface area (Å²) in [6.45, 7) is 7.40. The molecule has 0 atom stereocenters. The molecule has 1 heterocycles. The predicted molar refractivity (Wildman–Crippen MR) is 118 cm³/mol. The average Bonchev–Trinajstić information content (AvgIpc) is 3.23. The first kappa shape index (κ1) is 21.4. The van der Waals surface area contributed by atoms with Gasteiger partial charge in [0.25, 0.3) is 0 Å². The van der Waals surface area contributed by atoms with Crippen molar-refractivity contribution in [2.24, 2.45) is 0 Å². The van der Waals surface area contributed by atoms with Crippen LogP contribution >= 0.6 is 0 Å². The molecule has 7 nitrogen and oxygen atoms in total. The summed E-state index contributed by atoms with van der Waals surface area (Å²) < 4.78 is 10.4. The first-order chi connectivity index (χ1) is 14.5. The van der Waals surface area contributed by atoms with Gasteiger partial charge in [-0.2, -0.15) is 4.98 Å². The van der Waals surface area contributed by atoms with Gasteiger partial charge in [-0.15, -0.1) is 0 Å². The van der Waals surface area contributed by atoms with Gasteiger partial charge >= 0.3 is 0 Å². The Hall–Kier alpha value is -3.35. The van der Waals surface area contributed by atoms with Gasteiger partial charge in [0.2, 0.25) is 17.6 Å². The molecule has 1 amide bonds. The highest BCUT2D eigenvalue weighted by molar-refractivity contribution is 5.91. The van der Waals surface area contributed by atoms with Crippen LogP contribution in [0.1, 0.15) is 33.1 Å². The Bertz CT molecular complexity index is 949. The molecule has 3 aromatic rings. The zero-order valence-corrected chi connectivity index (χ0v) is 17.9.